The number of hydrogen-bond donors (Lipinski definition) is 1. The Labute approximate surface area is 122 Å². The first kappa shape index (κ1) is 15.0. The fraction of sp³-hybridized carbons (Fsp3) is 0.625. The van der Waals surface area contributed by atoms with Crippen LogP contribution in [0.5, 0.6) is 11.5 Å². The molecular formula is C16H26N2O2. The summed E-state index contributed by atoms with van der Waals surface area (Å²) in [7, 11) is 1.71. The lowest BCUT2D eigenvalue weighted by Crippen LogP contribution is -2.43. The molecule has 4 nitrogen and oxygen atoms in total. The van der Waals surface area contributed by atoms with Gasteiger partial charge < -0.3 is 19.7 Å². The van der Waals surface area contributed by atoms with Crippen LogP contribution in [-0.4, -0.2) is 39.4 Å². The molecule has 0 amide bonds. The molecule has 1 aliphatic rings. The summed E-state index contributed by atoms with van der Waals surface area (Å²) in [6.45, 7) is 8.38. The maximum absolute atomic E-state index is 6.18. The van der Waals surface area contributed by atoms with Gasteiger partial charge in [-0.15, -0.1) is 0 Å². The van der Waals surface area contributed by atoms with E-state index in [0.717, 1.165) is 56.2 Å². The number of hydrogen-bond acceptors (Lipinski definition) is 4. The van der Waals surface area contributed by atoms with Crippen molar-refractivity contribution in [2.75, 3.05) is 38.2 Å². The summed E-state index contributed by atoms with van der Waals surface area (Å²) in [4.78, 5) is 2.37. The van der Waals surface area contributed by atoms with Crippen molar-refractivity contribution in [2.24, 2.45) is 0 Å². The number of methoxy groups -OCH3 is 1. The summed E-state index contributed by atoms with van der Waals surface area (Å²) in [6.07, 6.45) is 2.35. The van der Waals surface area contributed by atoms with Crippen LogP contribution in [-0.2, 0) is 0 Å². The van der Waals surface area contributed by atoms with Crippen molar-refractivity contribution in [1.29, 1.82) is 0 Å². The van der Waals surface area contributed by atoms with Crippen LogP contribution < -0.4 is 19.7 Å². The van der Waals surface area contributed by atoms with E-state index < -0.39 is 0 Å². The molecular weight excluding hydrogens is 252 g/mol. The molecule has 112 valence electrons. The summed E-state index contributed by atoms with van der Waals surface area (Å²) in [5.74, 6) is 1.86. The maximum Gasteiger partial charge on any atom is 0.143 e. The van der Waals surface area contributed by atoms with Gasteiger partial charge in [0, 0.05) is 32.2 Å². The number of ether oxygens (including phenoxy) is 2. The summed E-state index contributed by atoms with van der Waals surface area (Å²) < 4.78 is 11.5. The largest absolute Gasteiger partial charge is 0.497 e. The number of nitrogens with one attached hydrogen (secondary N) is 1. The first-order valence-corrected chi connectivity index (χ1v) is 7.58. The minimum Gasteiger partial charge on any atom is -0.497 e. The molecule has 0 unspecified atom stereocenters. The Morgan fingerprint density at radius 3 is 2.50 bits per heavy atom. The SMILES string of the molecule is CCC(CC)Oc1ccc(OC)cc1N1CCNCC1. The van der Waals surface area contributed by atoms with Crippen LogP contribution in [0.2, 0.25) is 0 Å². The Morgan fingerprint density at radius 2 is 1.90 bits per heavy atom. The van der Waals surface area contributed by atoms with Crippen LogP contribution >= 0.6 is 0 Å². The third-order valence-corrected chi connectivity index (χ3v) is 3.83. The normalized spacial score (nSPS) is 15.5. The molecule has 2 rings (SSSR count). The highest BCUT2D eigenvalue weighted by Crippen LogP contribution is 2.34. The molecule has 1 aromatic carbocycles. The lowest BCUT2D eigenvalue weighted by atomic mass is 10.2. The van der Waals surface area contributed by atoms with Crippen molar-refractivity contribution in [3.8, 4) is 11.5 Å². The van der Waals surface area contributed by atoms with Crippen molar-refractivity contribution >= 4 is 5.69 Å². The van der Waals surface area contributed by atoms with Gasteiger partial charge in [0.2, 0.25) is 0 Å². The number of anilines is 1. The van der Waals surface area contributed by atoms with E-state index in [1.54, 1.807) is 7.11 Å². The zero-order valence-electron chi connectivity index (χ0n) is 12.8. The fourth-order valence-electron chi connectivity index (χ4n) is 2.51. The molecule has 20 heavy (non-hydrogen) atoms. The van der Waals surface area contributed by atoms with Gasteiger partial charge in [-0.25, -0.2) is 0 Å². The van der Waals surface area contributed by atoms with Gasteiger partial charge in [0.05, 0.1) is 18.9 Å². The molecule has 0 atom stereocenters. The zero-order valence-corrected chi connectivity index (χ0v) is 12.8. The Morgan fingerprint density at radius 1 is 1.20 bits per heavy atom. The predicted molar refractivity (Wildman–Crippen MR) is 83.1 cm³/mol. The smallest absolute Gasteiger partial charge is 0.143 e. The molecule has 0 saturated carbocycles. The van der Waals surface area contributed by atoms with Crippen LogP contribution in [0.4, 0.5) is 5.69 Å². The van der Waals surface area contributed by atoms with Crippen LogP contribution in [0.15, 0.2) is 18.2 Å². The second kappa shape index (κ2) is 7.39. The van der Waals surface area contributed by atoms with E-state index >= 15 is 0 Å². The average molecular weight is 278 g/mol. The summed E-state index contributed by atoms with van der Waals surface area (Å²) in [5, 5.41) is 3.38. The van der Waals surface area contributed by atoms with Crippen molar-refractivity contribution in [3.05, 3.63) is 18.2 Å². The highest BCUT2D eigenvalue weighted by Gasteiger charge is 2.17. The standard InChI is InChI=1S/C16H26N2O2/c1-4-13(5-2)20-16-7-6-14(19-3)12-15(16)18-10-8-17-9-11-18/h6-7,12-13,17H,4-5,8-11H2,1-3H3. The van der Waals surface area contributed by atoms with E-state index in [1.807, 2.05) is 12.1 Å². The van der Waals surface area contributed by atoms with E-state index in [9.17, 15) is 0 Å². The minimum atomic E-state index is 0.282. The number of rotatable bonds is 6. The molecule has 1 N–H and O–H groups in total. The van der Waals surface area contributed by atoms with E-state index in [-0.39, 0.29) is 6.10 Å². The first-order chi connectivity index (χ1) is 9.78. The lowest BCUT2D eigenvalue weighted by molar-refractivity contribution is 0.193. The highest BCUT2D eigenvalue weighted by molar-refractivity contribution is 5.62. The molecule has 1 fully saturated rings. The first-order valence-electron chi connectivity index (χ1n) is 7.58. The van der Waals surface area contributed by atoms with Gasteiger partial charge in [0.25, 0.3) is 0 Å². The average Bonchev–Trinajstić information content (AvgIpc) is 2.53. The summed E-state index contributed by atoms with van der Waals surface area (Å²) >= 11 is 0. The summed E-state index contributed by atoms with van der Waals surface area (Å²) in [6, 6.07) is 6.10. The molecule has 1 saturated heterocycles. The number of piperazine rings is 1. The second-order valence-electron chi connectivity index (χ2n) is 5.13. The second-order valence-corrected chi connectivity index (χ2v) is 5.13. The lowest BCUT2D eigenvalue weighted by Gasteiger charge is -2.32. The molecule has 0 aromatic heterocycles. The van der Waals surface area contributed by atoms with Crippen LogP contribution in [0.3, 0.4) is 0 Å². The van der Waals surface area contributed by atoms with Crippen LogP contribution in [0.25, 0.3) is 0 Å². The van der Waals surface area contributed by atoms with Gasteiger partial charge in [-0.05, 0) is 25.0 Å². The maximum atomic E-state index is 6.18. The highest BCUT2D eigenvalue weighted by atomic mass is 16.5. The molecule has 1 aromatic rings. The van der Waals surface area contributed by atoms with Crippen LogP contribution in [0, 0.1) is 0 Å². The van der Waals surface area contributed by atoms with Gasteiger partial charge >= 0.3 is 0 Å². The van der Waals surface area contributed by atoms with E-state index in [1.165, 1.54) is 0 Å². The van der Waals surface area contributed by atoms with Gasteiger partial charge in [-0.2, -0.15) is 0 Å². The molecule has 1 heterocycles. The van der Waals surface area contributed by atoms with Gasteiger partial charge in [0.1, 0.15) is 11.5 Å². The third kappa shape index (κ3) is 3.57. The monoisotopic (exact) mass is 278 g/mol. The molecule has 1 aliphatic heterocycles. The number of nitrogens with zero attached hydrogens (tertiary/aromatic N) is 1. The number of benzene rings is 1. The van der Waals surface area contributed by atoms with Gasteiger partial charge in [-0.3, -0.25) is 0 Å². The van der Waals surface area contributed by atoms with Crippen molar-refractivity contribution in [1.82, 2.24) is 5.32 Å². The molecule has 4 heteroatoms. The van der Waals surface area contributed by atoms with E-state index in [4.69, 9.17) is 9.47 Å². The molecule has 0 radical (unpaired) electrons. The Kier molecular flexibility index (Phi) is 5.53. The summed E-state index contributed by atoms with van der Waals surface area (Å²) in [5.41, 5.74) is 1.15. The third-order valence-electron chi connectivity index (χ3n) is 3.83. The van der Waals surface area contributed by atoms with E-state index in [2.05, 4.69) is 30.1 Å². The van der Waals surface area contributed by atoms with Crippen molar-refractivity contribution in [3.63, 3.8) is 0 Å². The Hall–Kier alpha value is -1.42. The minimum absolute atomic E-state index is 0.282. The Bertz CT molecular complexity index is 413. The topological polar surface area (TPSA) is 33.7 Å². The predicted octanol–water partition coefficient (Wildman–Crippen LogP) is 2.67. The zero-order chi connectivity index (χ0) is 14.4. The van der Waals surface area contributed by atoms with Gasteiger partial charge in [-0.1, -0.05) is 13.8 Å². The molecule has 0 bridgehead atoms. The van der Waals surface area contributed by atoms with Crippen molar-refractivity contribution < 1.29 is 9.47 Å². The molecule has 0 spiro atoms. The van der Waals surface area contributed by atoms with Crippen molar-refractivity contribution in [2.45, 2.75) is 32.8 Å². The molecule has 0 aliphatic carbocycles. The van der Waals surface area contributed by atoms with Crippen LogP contribution in [0.1, 0.15) is 26.7 Å². The van der Waals surface area contributed by atoms with Gasteiger partial charge in [0.15, 0.2) is 0 Å². The quantitative estimate of drug-likeness (QED) is 0.867. The fourth-order valence-corrected chi connectivity index (χ4v) is 2.51. The van der Waals surface area contributed by atoms with E-state index in [0.29, 0.717) is 0 Å². The Balaban J connectivity index is 2.24.